The summed E-state index contributed by atoms with van der Waals surface area (Å²) in [6.45, 7) is 0.695. The van der Waals surface area contributed by atoms with Gasteiger partial charge in [0, 0.05) is 17.3 Å². The van der Waals surface area contributed by atoms with Gasteiger partial charge in [0.05, 0.1) is 0 Å². The van der Waals surface area contributed by atoms with Gasteiger partial charge in [-0.2, -0.15) is 0 Å². The van der Waals surface area contributed by atoms with Gasteiger partial charge in [0.1, 0.15) is 0 Å². The van der Waals surface area contributed by atoms with Crippen LogP contribution in [0.2, 0.25) is 0 Å². The van der Waals surface area contributed by atoms with Gasteiger partial charge >= 0.3 is 0 Å². The lowest BCUT2D eigenvalue weighted by Crippen LogP contribution is -2.39. The highest BCUT2D eigenvalue weighted by Gasteiger charge is 2.26. The molecule has 0 spiro atoms. The fourth-order valence-electron chi connectivity index (χ4n) is 2.67. The van der Waals surface area contributed by atoms with Gasteiger partial charge in [-0.25, -0.2) is 0 Å². The average molecular weight is 303 g/mol. The maximum atomic E-state index is 11.8. The second-order valence-corrected chi connectivity index (χ2v) is 6.07. The molecule has 0 aromatic carbocycles. The lowest BCUT2D eigenvalue weighted by atomic mass is 10.0. The summed E-state index contributed by atoms with van der Waals surface area (Å²) in [5.74, 6) is 0.683. The van der Waals surface area contributed by atoms with Crippen LogP contribution in [0, 0.1) is 5.92 Å². The first-order valence-electron chi connectivity index (χ1n) is 6.81. The second kappa shape index (κ2) is 8.56. The Bertz CT molecular complexity index is 370. The van der Waals surface area contributed by atoms with E-state index in [2.05, 4.69) is 22.8 Å². The summed E-state index contributed by atoms with van der Waals surface area (Å²) in [4.78, 5) is 13.2. The van der Waals surface area contributed by atoms with E-state index in [0.717, 1.165) is 25.7 Å². The van der Waals surface area contributed by atoms with E-state index in [-0.39, 0.29) is 18.3 Å². The molecule has 3 N–H and O–H groups in total. The van der Waals surface area contributed by atoms with Crippen molar-refractivity contribution < 1.29 is 4.79 Å². The number of halogens is 1. The van der Waals surface area contributed by atoms with E-state index in [1.807, 2.05) is 0 Å². The molecule has 1 aromatic rings. The monoisotopic (exact) mass is 302 g/mol. The minimum atomic E-state index is 0. The van der Waals surface area contributed by atoms with E-state index in [1.54, 1.807) is 11.3 Å². The first-order valence-corrected chi connectivity index (χ1v) is 7.69. The van der Waals surface area contributed by atoms with Crippen molar-refractivity contribution in [1.82, 2.24) is 5.32 Å². The molecule has 108 valence electrons. The molecule has 0 bridgehead atoms. The summed E-state index contributed by atoms with van der Waals surface area (Å²) in [7, 11) is 0. The largest absolute Gasteiger partial charge is 0.353 e. The Morgan fingerprint density at radius 1 is 1.47 bits per heavy atom. The van der Waals surface area contributed by atoms with Crippen LogP contribution in [0.5, 0.6) is 0 Å². The number of hydrogen-bond acceptors (Lipinski definition) is 3. The molecule has 1 aliphatic rings. The molecule has 1 fully saturated rings. The van der Waals surface area contributed by atoms with E-state index in [0.29, 0.717) is 24.9 Å². The second-order valence-electron chi connectivity index (χ2n) is 5.03. The molecule has 2 atom stereocenters. The summed E-state index contributed by atoms with van der Waals surface area (Å²) < 4.78 is 0. The first kappa shape index (κ1) is 16.5. The normalized spacial score (nSPS) is 21.9. The maximum Gasteiger partial charge on any atom is 0.220 e. The van der Waals surface area contributed by atoms with Crippen LogP contribution in [0.15, 0.2) is 17.5 Å². The highest BCUT2D eigenvalue weighted by atomic mass is 35.5. The Labute approximate surface area is 125 Å². The Hall–Kier alpha value is -0.580. The van der Waals surface area contributed by atoms with Gasteiger partial charge in [-0.15, -0.1) is 23.7 Å². The number of carbonyl (C=O) groups is 1. The van der Waals surface area contributed by atoms with Gasteiger partial charge in [-0.05, 0) is 49.6 Å². The topological polar surface area (TPSA) is 55.1 Å². The lowest BCUT2D eigenvalue weighted by molar-refractivity contribution is -0.122. The number of nitrogens with two attached hydrogens (primary N) is 1. The van der Waals surface area contributed by atoms with E-state index >= 15 is 0 Å². The molecular formula is C14H23ClN2OS. The van der Waals surface area contributed by atoms with Gasteiger partial charge in [0.25, 0.3) is 0 Å². The molecule has 1 aliphatic carbocycles. The van der Waals surface area contributed by atoms with E-state index in [9.17, 15) is 4.79 Å². The fourth-order valence-corrected chi connectivity index (χ4v) is 3.42. The van der Waals surface area contributed by atoms with Gasteiger partial charge in [-0.3, -0.25) is 4.79 Å². The molecule has 1 heterocycles. The summed E-state index contributed by atoms with van der Waals surface area (Å²) in [5.41, 5.74) is 5.71. The van der Waals surface area contributed by atoms with Crippen LogP contribution in [0.1, 0.15) is 37.0 Å². The highest BCUT2D eigenvalue weighted by molar-refractivity contribution is 7.09. The zero-order valence-corrected chi connectivity index (χ0v) is 12.8. The number of thiophene rings is 1. The molecule has 1 saturated carbocycles. The maximum absolute atomic E-state index is 11.8. The molecule has 0 radical (unpaired) electrons. The molecule has 2 rings (SSSR count). The third-order valence-corrected chi connectivity index (χ3v) is 4.65. The van der Waals surface area contributed by atoms with Crippen molar-refractivity contribution in [2.75, 3.05) is 6.54 Å². The Balaban J connectivity index is 0.00000180. The highest BCUT2D eigenvalue weighted by Crippen LogP contribution is 2.24. The van der Waals surface area contributed by atoms with Crippen LogP contribution in [-0.2, 0) is 11.2 Å². The Kier molecular flexibility index (Phi) is 7.42. The van der Waals surface area contributed by atoms with Crippen LogP contribution in [0.25, 0.3) is 0 Å². The predicted octanol–water partition coefficient (Wildman–Crippen LogP) is 2.74. The third kappa shape index (κ3) is 5.13. The molecule has 3 nitrogen and oxygen atoms in total. The van der Waals surface area contributed by atoms with E-state index in [1.165, 1.54) is 11.3 Å². The number of rotatable bonds is 6. The van der Waals surface area contributed by atoms with Crippen molar-refractivity contribution in [3.8, 4) is 0 Å². The minimum absolute atomic E-state index is 0. The number of aryl methyl sites for hydroxylation is 1. The standard InChI is InChI=1S/C14H22N2OS.ClH/c15-10-11-4-1-7-13(11)16-14(17)8-2-5-12-6-3-9-18-12;/h3,6,9,11,13H,1-2,4-5,7-8,10,15H2,(H,16,17);1H. The van der Waals surface area contributed by atoms with Crippen molar-refractivity contribution in [2.24, 2.45) is 11.7 Å². The average Bonchev–Trinajstić information content (AvgIpc) is 3.00. The van der Waals surface area contributed by atoms with Crippen molar-refractivity contribution in [3.63, 3.8) is 0 Å². The number of nitrogens with one attached hydrogen (secondary N) is 1. The molecule has 0 aliphatic heterocycles. The molecule has 1 amide bonds. The molecule has 1 aromatic heterocycles. The van der Waals surface area contributed by atoms with Gasteiger partial charge < -0.3 is 11.1 Å². The number of hydrogen-bond donors (Lipinski definition) is 2. The van der Waals surface area contributed by atoms with Crippen molar-refractivity contribution in [3.05, 3.63) is 22.4 Å². The lowest BCUT2D eigenvalue weighted by Gasteiger charge is -2.19. The summed E-state index contributed by atoms with van der Waals surface area (Å²) >= 11 is 1.76. The van der Waals surface area contributed by atoms with E-state index < -0.39 is 0 Å². The zero-order chi connectivity index (χ0) is 12.8. The summed E-state index contributed by atoms with van der Waals surface area (Å²) in [6, 6.07) is 4.51. The van der Waals surface area contributed by atoms with Crippen LogP contribution in [0.4, 0.5) is 0 Å². The number of carbonyl (C=O) groups excluding carboxylic acids is 1. The van der Waals surface area contributed by atoms with Gasteiger partial charge in [0.15, 0.2) is 0 Å². The molecule has 5 heteroatoms. The van der Waals surface area contributed by atoms with Crippen LogP contribution >= 0.6 is 23.7 Å². The van der Waals surface area contributed by atoms with Crippen LogP contribution in [-0.4, -0.2) is 18.5 Å². The SMILES string of the molecule is Cl.NCC1CCCC1NC(=O)CCCc1cccs1. The Morgan fingerprint density at radius 3 is 3.00 bits per heavy atom. The quantitative estimate of drug-likeness (QED) is 0.849. The summed E-state index contributed by atoms with van der Waals surface area (Å²) in [6.07, 6.45) is 6.03. The fraction of sp³-hybridized carbons (Fsp3) is 0.643. The predicted molar refractivity (Wildman–Crippen MR) is 82.8 cm³/mol. The van der Waals surface area contributed by atoms with Crippen molar-refractivity contribution >= 4 is 29.7 Å². The van der Waals surface area contributed by atoms with Crippen molar-refractivity contribution in [2.45, 2.75) is 44.6 Å². The van der Waals surface area contributed by atoms with Crippen LogP contribution < -0.4 is 11.1 Å². The zero-order valence-electron chi connectivity index (χ0n) is 11.1. The summed E-state index contributed by atoms with van der Waals surface area (Å²) in [5, 5.41) is 5.23. The third-order valence-electron chi connectivity index (χ3n) is 3.72. The van der Waals surface area contributed by atoms with Crippen LogP contribution in [0.3, 0.4) is 0 Å². The van der Waals surface area contributed by atoms with E-state index in [4.69, 9.17) is 5.73 Å². The van der Waals surface area contributed by atoms with Crippen molar-refractivity contribution in [1.29, 1.82) is 0 Å². The smallest absolute Gasteiger partial charge is 0.220 e. The number of amides is 1. The van der Waals surface area contributed by atoms with Gasteiger partial charge in [0.2, 0.25) is 5.91 Å². The Morgan fingerprint density at radius 2 is 2.32 bits per heavy atom. The van der Waals surface area contributed by atoms with Gasteiger partial charge in [-0.1, -0.05) is 12.5 Å². The molecule has 19 heavy (non-hydrogen) atoms. The first-order chi connectivity index (χ1) is 8.79. The molecular weight excluding hydrogens is 280 g/mol. The minimum Gasteiger partial charge on any atom is -0.353 e. The molecule has 0 saturated heterocycles. The molecule has 2 unspecified atom stereocenters.